The second-order valence-electron chi connectivity index (χ2n) is 5.37. The molecule has 0 saturated carbocycles. The highest BCUT2D eigenvalue weighted by Gasteiger charge is 2.15. The third kappa shape index (κ3) is 5.31. The molecule has 0 fully saturated rings. The molecule has 26 heavy (non-hydrogen) atoms. The van der Waals surface area contributed by atoms with Crippen molar-refractivity contribution in [2.24, 2.45) is 0 Å². The summed E-state index contributed by atoms with van der Waals surface area (Å²) in [4.78, 5) is 0. The molecule has 0 radical (unpaired) electrons. The molecule has 3 rings (SSSR count). The second-order valence-corrected chi connectivity index (χ2v) is 7.66. The van der Waals surface area contributed by atoms with E-state index in [1.165, 1.54) is 34.3 Å². The molecule has 1 heterocycles. The fourth-order valence-corrected chi connectivity index (χ4v) is 3.98. The minimum Gasteiger partial charge on any atom is -0.726 e. The number of rotatable bonds is 4. The Morgan fingerprint density at radius 3 is 2.23 bits per heavy atom. The van der Waals surface area contributed by atoms with Crippen LogP contribution < -0.4 is 4.57 Å². The molecule has 1 aromatic heterocycles. The molecule has 0 bridgehead atoms. The molecular formula is C18H20FNO4S2. The van der Waals surface area contributed by atoms with Crippen molar-refractivity contribution in [2.45, 2.75) is 27.3 Å². The van der Waals surface area contributed by atoms with Gasteiger partial charge in [0.15, 0.2) is 0 Å². The number of halogens is 1. The Hall–Kier alpha value is -1.87. The summed E-state index contributed by atoms with van der Waals surface area (Å²) in [7, 11) is -4.42. The van der Waals surface area contributed by atoms with Gasteiger partial charge >= 0.3 is 0 Å². The van der Waals surface area contributed by atoms with Gasteiger partial charge in [-0.05, 0) is 49.2 Å². The standard InChI is InChI=1S/C16H15FNS.C2H6O4S/c1-3-18-11(2)19-16-10-13(6-9-15(16)18)12-4-7-14(17)8-5-12;1-2-6-7(3,4)5/h4-10H,3H2,1-2H3;2H2,1H3,(H,3,4,5)/q+1;/p-1. The third-order valence-corrected chi connectivity index (χ3v) is 5.23. The van der Waals surface area contributed by atoms with Crippen LogP contribution in [0.15, 0.2) is 42.5 Å². The zero-order valence-corrected chi connectivity index (χ0v) is 16.4. The van der Waals surface area contributed by atoms with E-state index in [9.17, 15) is 17.4 Å². The number of benzene rings is 2. The summed E-state index contributed by atoms with van der Waals surface area (Å²) in [5, 5.41) is 1.31. The van der Waals surface area contributed by atoms with E-state index in [0.29, 0.717) is 0 Å². The molecule has 0 aliphatic rings. The van der Waals surface area contributed by atoms with Gasteiger partial charge < -0.3 is 4.55 Å². The van der Waals surface area contributed by atoms with E-state index in [4.69, 9.17) is 0 Å². The molecule has 0 unspecified atom stereocenters. The van der Waals surface area contributed by atoms with Gasteiger partial charge in [0.05, 0.1) is 6.61 Å². The maximum Gasteiger partial charge on any atom is 0.235 e. The van der Waals surface area contributed by atoms with Crippen LogP contribution in [0.4, 0.5) is 4.39 Å². The topological polar surface area (TPSA) is 70.3 Å². The molecule has 0 saturated heterocycles. The molecule has 0 spiro atoms. The van der Waals surface area contributed by atoms with Crippen LogP contribution in [0.1, 0.15) is 18.9 Å². The molecule has 0 amide bonds. The van der Waals surface area contributed by atoms with Crippen LogP contribution in [0.2, 0.25) is 0 Å². The average molecular weight is 397 g/mol. The number of nitrogens with zero attached hydrogens (tertiary/aromatic N) is 1. The van der Waals surface area contributed by atoms with E-state index in [2.05, 4.69) is 40.8 Å². The van der Waals surface area contributed by atoms with Gasteiger partial charge in [-0.25, -0.2) is 12.8 Å². The van der Waals surface area contributed by atoms with Crippen molar-refractivity contribution in [2.75, 3.05) is 6.61 Å². The van der Waals surface area contributed by atoms with Gasteiger partial charge in [0.25, 0.3) is 0 Å². The molecule has 0 aliphatic carbocycles. The van der Waals surface area contributed by atoms with E-state index < -0.39 is 10.4 Å². The van der Waals surface area contributed by atoms with E-state index in [0.717, 1.165) is 17.7 Å². The van der Waals surface area contributed by atoms with Crippen molar-refractivity contribution in [3.05, 3.63) is 53.3 Å². The van der Waals surface area contributed by atoms with Crippen LogP contribution in [0.5, 0.6) is 0 Å². The van der Waals surface area contributed by atoms with Crippen molar-refractivity contribution in [1.29, 1.82) is 0 Å². The predicted octanol–water partition coefficient (Wildman–Crippen LogP) is 3.81. The number of fused-ring (bicyclic) bond motifs is 1. The molecule has 0 aliphatic heterocycles. The summed E-state index contributed by atoms with van der Waals surface area (Å²) in [6.45, 7) is 6.63. The van der Waals surface area contributed by atoms with Crippen LogP contribution in [0.3, 0.4) is 0 Å². The minimum atomic E-state index is -4.42. The maximum absolute atomic E-state index is 13.0. The van der Waals surface area contributed by atoms with Gasteiger partial charge in [0.2, 0.25) is 20.9 Å². The number of hydrogen-bond acceptors (Lipinski definition) is 5. The van der Waals surface area contributed by atoms with E-state index in [-0.39, 0.29) is 12.4 Å². The normalized spacial score (nSPS) is 11.3. The molecule has 140 valence electrons. The molecule has 5 nitrogen and oxygen atoms in total. The van der Waals surface area contributed by atoms with E-state index in [1.807, 2.05) is 12.1 Å². The molecule has 0 N–H and O–H groups in total. The average Bonchev–Trinajstić information content (AvgIpc) is 2.89. The zero-order valence-electron chi connectivity index (χ0n) is 14.7. The van der Waals surface area contributed by atoms with Crippen molar-refractivity contribution >= 4 is 32.0 Å². The van der Waals surface area contributed by atoms with Crippen molar-refractivity contribution < 1.29 is 26.1 Å². The Kier molecular flexibility index (Phi) is 6.82. The molecular weight excluding hydrogens is 377 g/mol. The zero-order chi connectivity index (χ0) is 19.3. The Bertz CT molecular complexity index is 982. The van der Waals surface area contributed by atoms with Crippen LogP contribution in [-0.4, -0.2) is 19.6 Å². The SMILES string of the molecule is CCOS(=O)(=O)[O-].CC[n+]1c(C)sc2cc(-c3ccc(F)cc3)ccc21. The van der Waals surface area contributed by atoms with E-state index >= 15 is 0 Å². The number of aryl methyl sites for hydroxylation is 2. The minimum absolute atomic E-state index is 0.0914. The van der Waals surface area contributed by atoms with Gasteiger partial charge in [-0.15, -0.1) is 0 Å². The lowest BCUT2D eigenvalue weighted by atomic mass is 10.1. The molecule has 3 aromatic rings. The Balaban J connectivity index is 0.000000298. The van der Waals surface area contributed by atoms with Crippen LogP contribution in [-0.2, 0) is 21.1 Å². The summed E-state index contributed by atoms with van der Waals surface area (Å²) in [6.07, 6.45) is 0. The van der Waals surface area contributed by atoms with Gasteiger partial charge in [-0.1, -0.05) is 23.5 Å². The number of hydrogen-bond donors (Lipinski definition) is 0. The summed E-state index contributed by atoms with van der Waals surface area (Å²) in [5.41, 5.74) is 3.46. The lowest BCUT2D eigenvalue weighted by Gasteiger charge is -2.02. The fourth-order valence-electron chi connectivity index (χ4n) is 2.56. The first kappa shape index (κ1) is 20.4. The lowest BCUT2D eigenvalue weighted by molar-refractivity contribution is -0.669. The summed E-state index contributed by atoms with van der Waals surface area (Å²) >= 11 is 1.80. The van der Waals surface area contributed by atoms with Crippen LogP contribution in [0, 0.1) is 12.7 Å². The Labute approximate surface area is 156 Å². The van der Waals surface area contributed by atoms with Crippen LogP contribution in [0.25, 0.3) is 21.3 Å². The highest BCUT2D eigenvalue weighted by Crippen LogP contribution is 2.27. The Morgan fingerprint density at radius 2 is 1.73 bits per heavy atom. The lowest BCUT2D eigenvalue weighted by Crippen LogP contribution is -2.33. The first-order valence-electron chi connectivity index (χ1n) is 8.04. The third-order valence-electron chi connectivity index (χ3n) is 3.64. The monoisotopic (exact) mass is 397 g/mol. The maximum atomic E-state index is 13.0. The van der Waals surface area contributed by atoms with Gasteiger partial charge in [0, 0.05) is 13.0 Å². The van der Waals surface area contributed by atoms with Gasteiger partial charge in [-0.3, -0.25) is 4.18 Å². The number of aromatic nitrogens is 1. The first-order chi connectivity index (χ1) is 12.2. The quantitative estimate of drug-likeness (QED) is 0.381. The van der Waals surface area contributed by atoms with Gasteiger partial charge in [0.1, 0.15) is 17.1 Å². The van der Waals surface area contributed by atoms with Crippen molar-refractivity contribution in [3.63, 3.8) is 0 Å². The smallest absolute Gasteiger partial charge is 0.235 e. The predicted molar refractivity (Wildman–Crippen MR) is 99.1 cm³/mol. The van der Waals surface area contributed by atoms with Crippen molar-refractivity contribution in [3.8, 4) is 11.1 Å². The largest absolute Gasteiger partial charge is 0.726 e. The fraction of sp³-hybridized carbons (Fsp3) is 0.278. The van der Waals surface area contributed by atoms with Crippen molar-refractivity contribution in [1.82, 2.24) is 0 Å². The Morgan fingerprint density at radius 1 is 1.12 bits per heavy atom. The highest BCUT2D eigenvalue weighted by molar-refractivity contribution is 7.80. The van der Waals surface area contributed by atoms with Crippen LogP contribution >= 0.6 is 11.3 Å². The summed E-state index contributed by atoms with van der Waals surface area (Å²) < 4.78 is 48.6. The summed E-state index contributed by atoms with van der Waals surface area (Å²) in [5.74, 6) is -0.194. The number of thiazole rings is 1. The van der Waals surface area contributed by atoms with E-state index in [1.54, 1.807) is 11.3 Å². The molecule has 0 atom stereocenters. The summed E-state index contributed by atoms with van der Waals surface area (Å²) in [6, 6.07) is 13.1. The first-order valence-corrected chi connectivity index (χ1v) is 10.2. The van der Waals surface area contributed by atoms with Gasteiger partial charge in [-0.2, -0.15) is 4.57 Å². The molecule has 8 heteroatoms. The molecule has 2 aromatic carbocycles. The second kappa shape index (κ2) is 8.68. The highest BCUT2D eigenvalue weighted by atomic mass is 32.3.